The number of carbonyl (C=O) groups excluding carboxylic acids is 1. The molecule has 0 spiro atoms. The molecule has 6 heteroatoms. The van der Waals surface area contributed by atoms with Crippen molar-refractivity contribution in [2.75, 3.05) is 6.54 Å². The van der Waals surface area contributed by atoms with Crippen LogP contribution in [0.15, 0.2) is 0 Å². The first-order valence-corrected chi connectivity index (χ1v) is 4.24. The minimum Gasteiger partial charge on any atom is -0.320 e. The summed E-state index contributed by atoms with van der Waals surface area (Å²) in [5.41, 5.74) is -0.621. The number of urea groups is 1. The second kappa shape index (κ2) is 4.06. The molecule has 0 saturated heterocycles. The molecule has 0 heterocycles. The van der Waals surface area contributed by atoms with Crippen LogP contribution >= 0.6 is 0 Å². The van der Waals surface area contributed by atoms with Crippen molar-refractivity contribution in [2.45, 2.75) is 39.5 Å². The van der Waals surface area contributed by atoms with Crippen molar-refractivity contribution in [3.8, 4) is 0 Å². The van der Waals surface area contributed by atoms with E-state index in [4.69, 9.17) is 0 Å². The van der Waals surface area contributed by atoms with E-state index in [1.54, 1.807) is 27.7 Å². The van der Waals surface area contributed by atoms with E-state index in [2.05, 4.69) is 0 Å². The van der Waals surface area contributed by atoms with Gasteiger partial charge in [0.25, 0.3) is 0 Å². The Balaban J connectivity index is 4.50. The van der Waals surface area contributed by atoms with Gasteiger partial charge in [0, 0.05) is 12.1 Å². The van der Waals surface area contributed by atoms with Crippen molar-refractivity contribution >= 4 is 6.03 Å². The molecule has 0 saturated carbocycles. The number of nitrogens with zero attached hydrogens (tertiary/aromatic N) is 1. The highest BCUT2D eigenvalue weighted by atomic mass is 19.4. The maximum atomic E-state index is 11.8. The Bertz CT molecular complexity index is 208. The number of hydrogen-bond acceptors (Lipinski definition) is 1. The summed E-state index contributed by atoms with van der Waals surface area (Å²) in [5, 5.41) is 0.964. The molecule has 0 unspecified atom stereocenters. The van der Waals surface area contributed by atoms with E-state index in [1.807, 2.05) is 0 Å². The predicted octanol–water partition coefficient (Wildman–Crippen LogP) is 2.34. The lowest BCUT2D eigenvalue weighted by Crippen LogP contribution is -2.53. The highest BCUT2D eigenvalue weighted by Crippen LogP contribution is 2.16. The fraction of sp³-hybridized carbons (Fsp3) is 0.875. The fourth-order valence-electron chi connectivity index (χ4n) is 1.11. The second-order valence-corrected chi connectivity index (χ2v) is 3.84. The third kappa shape index (κ3) is 4.34. The van der Waals surface area contributed by atoms with Crippen LogP contribution in [-0.2, 0) is 0 Å². The van der Waals surface area contributed by atoms with Crippen molar-refractivity contribution in [2.24, 2.45) is 0 Å². The summed E-state index contributed by atoms with van der Waals surface area (Å²) in [6.45, 7) is 6.87. The molecular weight excluding hydrogens is 197 g/mol. The van der Waals surface area contributed by atoms with E-state index < -0.39 is 17.9 Å². The van der Waals surface area contributed by atoms with Crippen LogP contribution in [0.3, 0.4) is 0 Å². The lowest BCUT2D eigenvalue weighted by atomic mass is 10.1. The summed E-state index contributed by atoms with van der Waals surface area (Å²) in [6, 6.07) is -1.12. The molecule has 0 aliphatic rings. The summed E-state index contributed by atoms with van der Waals surface area (Å²) in [5.74, 6) is 0. The number of alkyl halides is 3. The van der Waals surface area contributed by atoms with Crippen LogP contribution in [0.2, 0.25) is 0 Å². The van der Waals surface area contributed by atoms with Crippen LogP contribution in [0.4, 0.5) is 18.0 Å². The van der Waals surface area contributed by atoms with Gasteiger partial charge in [0.15, 0.2) is 0 Å². The highest BCUT2D eigenvalue weighted by Gasteiger charge is 2.34. The quantitative estimate of drug-likeness (QED) is 0.665. The Kier molecular flexibility index (Phi) is 3.79. The molecule has 0 aliphatic carbocycles. The molecule has 0 aromatic rings. The summed E-state index contributed by atoms with van der Waals surface area (Å²) in [6.07, 6.45) is -4.67. The smallest absolute Gasteiger partial charge is 0.320 e. The Hall–Kier alpha value is -0.940. The van der Waals surface area contributed by atoms with Gasteiger partial charge in [-0.15, -0.1) is 0 Å². The molecule has 1 N–H and O–H groups in total. The molecule has 3 nitrogen and oxygen atoms in total. The first-order chi connectivity index (χ1) is 6.08. The number of halogens is 3. The second-order valence-electron chi connectivity index (χ2n) is 3.84. The van der Waals surface area contributed by atoms with Crippen LogP contribution in [0.5, 0.6) is 0 Å². The maximum Gasteiger partial charge on any atom is 0.485 e. The normalized spacial score (nSPS) is 12.5. The van der Waals surface area contributed by atoms with E-state index in [1.165, 1.54) is 0 Å². The van der Waals surface area contributed by atoms with E-state index in [0.717, 1.165) is 10.2 Å². The van der Waals surface area contributed by atoms with E-state index in [-0.39, 0.29) is 6.54 Å². The van der Waals surface area contributed by atoms with Crippen molar-refractivity contribution < 1.29 is 18.0 Å². The number of rotatable bonds is 1. The number of carbonyl (C=O) groups is 1. The van der Waals surface area contributed by atoms with Crippen molar-refractivity contribution in [3.63, 3.8) is 0 Å². The molecule has 0 bridgehead atoms. The Morgan fingerprint density at radius 3 is 1.93 bits per heavy atom. The molecule has 0 fully saturated rings. The molecule has 0 aromatic heterocycles. The van der Waals surface area contributed by atoms with Crippen LogP contribution in [0.1, 0.15) is 27.7 Å². The van der Waals surface area contributed by atoms with Gasteiger partial charge in [-0.3, -0.25) is 0 Å². The van der Waals surface area contributed by atoms with Crippen LogP contribution in [0.25, 0.3) is 0 Å². The first kappa shape index (κ1) is 13.1. The van der Waals surface area contributed by atoms with Gasteiger partial charge in [-0.25, -0.2) is 10.1 Å². The standard InChI is InChI=1S/C8H15F3N2O/c1-5-13(7(2,3)4)6(14)12-8(9,10)11/h5H2,1-4H3,(H,12,14). The topological polar surface area (TPSA) is 32.3 Å². The molecule has 0 rings (SSSR count). The average Bonchev–Trinajstić information content (AvgIpc) is 1.79. The van der Waals surface area contributed by atoms with E-state index in [9.17, 15) is 18.0 Å². The minimum absolute atomic E-state index is 0.228. The third-order valence-corrected chi connectivity index (χ3v) is 1.62. The Morgan fingerprint density at radius 2 is 1.71 bits per heavy atom. The van der Waals surface area contributed by atoms with Gasteiger partial charge in [-0.1, -0.05) is 0 Å². The zero-order chi connectivity index (χ0) is 11.6. The molecule has 0 radical (unpaired) electrons. The van der Waals surface area contributed by atoms with Gasteiger partial charge in [-0.05, 0) is 27.7 Å². The number of hydrogen-bond donors (Lipinski definition) is 1. The van der Waals surface area contributed by atoms with E-state index in [0.29, 0.717) is 0 Å². The number of nitrogens with one attached hydrogen (secondary N) is 1. The maximum absolute atomic E-state index is 11.8. The van der Waals surface area contributed by atoms with Gasteiger partial charge in [0.1, 0.15) is 0 Å². The van der Waals surface area contributed by atoms with Gasteiger partial charge in [0.05, 0.1) is 0 Å². The predicted molar refractivity (Wildman–Crippen MR) is 46.7 cm³/mol. The zero-order valence-corrected chi connectivity index (χ0v) is 8.70. The van der Waals surface area contributed by atoms with Gasteiger partial charge in [0.2, 0.25) is 0 Å². The van der Waals surface area contributed by atoms with Gasteiger partial charge in [-0.2, -0.15) is 13.2 Å². The molecule has 14 heavy (non-hydrogen) atoms. The first-order valence-electron chi connectivity index (χ1n) is 4.24. The van der Waals surface area contributed by atoms with Gasteiger partial charge >= 0.3 is 12.3 Å². The molecular formula is C8H15F3N2O. The summed E-state index contributed by atoms with van der Waals surface area (Å²) in [7, 11) is 0. The monoisotopic (exact) mass is 212 g/mol. The largest absolute Gasteiger partial charge is 0.485 e. The van der Waals surface area contributed by atoms with Crippen LogP contribution in [0, 0.1) is 0 Å². The summed E-state index contributed by atoms with van der Waals surface area (Å²) in [4.78, 5) is 12.2. The molecule has 84 valence electrons. The SMILES string of the molecule is CCN(C(=O)NC(F)(F)F)C(C)(C)C. The fourth-order valence-corrected chi connectivity index (χ4v) is 1.11. The highest BCUT2D eigenvalue weighted by molar-refractivity contribution is 5.75. The lowest BCUT2D eigenvalue weighted by molar-refractivity contribution is -0.148. The number of amides is 2. The Morgan fingerprint density at radius 1 is 1.29 bits per heavy atom. The van der Waals surface area contributed by atoms with Crippen LogP contribution in [-0.4, -0.2) is 29.3 Å². The molecule has 2 amide bonds. The van der Waals surface area contributed by atoms with Crippen molar-refractivity contribution in [3.05, 3.63) is 0 Å². The molecule has 0 aromatic carbocycles. The minimum atomic E-state index is -4.67. The average molecular weight is 212 g/mol. The van der Waals surface area contributed by atoms with E-state index >= 15 is 0 Å². The van der Waals surface area contributed by atoms with Crippen molar-refractivity contribution in [1.82, 2.24) is 10.2 Å². The summed E-state index contributed by atoms with van der Waals surface area (Å²) >= 11 is 0. The Labute approximate surface area is 81.3 Å². The summed E-state index contributed by atoms with van der Waals surface area (Å²) < 4.78 is 35.5. The molecule has 0 aliphatic heterocycles. The molecule has 0 atom stereocenters. The third-order valence-electron chi connectivity index (χ3n) is 1.62. The lowest BCUT2D eigenvalue weighted by Gasteiger charge is -2.34. The van der Waals surface area contributed by atoms with Crippen LogP contribution < -0.4 is 5.32 Å². The van der Waals surface area contributed by atoms with Gasteiger partial charge < -0.3 is 4.90 Å². The zero-order valence-electron chi connectivity index (χ0n) is 8.70. The van der Waals surface area contributed by atoms with Crippen molar-refractivity contribution in [1.29, 1.82) is 0 Å².